The number of thiazole rings is 1. The Morgan fingerprint density at radius 1 is 1.92 bits per heavy atom. The molecule has 0 saturated carbocycles. The summed E-state index contributed by atoms with van der Waals surface area (Å²) >= 11 is 1.40. The van der Waals surface area contributed by atoms with Crippen LogP contribution in [0.15, 0.2) is 10.9 Å². The highest BCUT2D eigenvalue weighted by Crippen LogP contribution is 2.00. The zero-order valence-electron chi connectivity index (χ0n) is 6.78. The predicted octanol–water partition coefficient (Wildman–Crippen LogP) is 0.220. The summed E-state index contributed by atoms with van der Waals surface area (Å²) in [6.07, 6.45) is 0. The molecule has 4 nitrogen and oxygen atoms in total. The molecule has 66 valence electrons. The molecule has 0 spiro atoms. The summed E-state index contributed by atoms with van der Waals surface area (Å²) in [6.45, 7) is 2.29. The standard InChI is InChI=1S/C7H11N3OS/c1-5(2-8)10-7(11)6-3-12-4-9-6/h3-5H,2,8H2,1H3,(H,10,11). The lowest BCUT2D eigenvalue weighted by atomic mass is 10.3. The monoisotopic (exact) mass is 185 g/mol. The third-order valence-corrected chi connectivity index (χ3v) is 1.98. The van der Waals surface area contributed by atoms with Crippen LogP contribution in [-0.4, -0.2) is 23.5 Å². The highest BCUT2D eigenvalue weighted by Gasteiger charge is 2.09. The number of hydrogen-bond acceptors (Lipinski definition) is 4. The molecule has 0 bridgehead atoms. The maximum Gasteiger partial charge on any atom is 0.270 e. The number of carbonyl (C=O) groups is 1. The van der Waals surface area contributed by atoms with E-state index < -0.39 is 0 Å². The summed E-state index contributed by atoms with van der Waals surface area (Å²) in [4.78, 5) is 15.1. The van der Waals surface area contributed by atoms with Crippen LogP contribution in [0.4, 0.5) is 0 Å². The molecule has 1 unspecified atom stereocenters. The van der Waals surface area contributed by atoms with E-state index in [9.17, 15) is 4.79 Å². The van der Waals surface area contributed by atoms with Gasteiger partial charge in [-0.05, 0) is 6.92 Å². The first kappa shape index (κ1) is 9.15. The van der Waals surface area contributed by atoms with Crippen molar-refractivity contribution in [3.05, 3.63) is 16.6 Å². The van der Waals surface area contributed by atoms with Gasteiger partial charge in [0.15, 0.2) is 0 Å². The molecule has 0 saturated heterocycles. The summed E-state index contributed by atoms with van der Waals surface area (Å²) in [5, 5.41) is 4.42. The Morgan fingerprint density at radius 3 is 3.17 bits per heavy atom. The van der Waals surface area contributed by atoms with E-state index in [2.05, 4.69) is 10.3 Å². The quantitative estimate of drug-likeness (QED) is 0.708. The fourth-order valence-corrected chi connectivity index (χ4v) is 1.21. The van der Waals surface area contributed by atoms with Crippen molar-refractivity contribution >= 4 is 17.2 Å². The fraction of sp³-hybridized carbons (Fsp3) is 0.429. The number of amides is 1. The van der Waals surface area contributed by atoms with E-state index in [1.54, 1.807) is 10.9 Å². The molecule has 1 aromatic rings. The first-order valence-electron chi connectivity index (χ1n) is 3.63. The molecule has 1 rings (SSSR count). The summed E-state index contributed by atoms with van der Waals surface area (Å²) in [5.41, 5.74) is 7.43. The number of carbonyl (C=O) groups excluding carboxylic acids is 1. The topological polar surface area (TPSA) is 68.0 Å². The molecule has 0 aromatic carbocycles. The van der Waals surface area contributed by atoms with Gasteiger partial charge in [-0.15, -0.1) is 11.3 Å². The molecule has 1 aromatic heterocycles. The molecule has 0 aliphatic heterocycles. The Morgan fingerprint density at radius 2 is 2.67 bits per heavy atom. The van der Waals surface area contributed by atoms with Gasteiger partial charge in [-0.1, -0.05) is 0 Å². The van der Waals surface area contributed by atoms with E-state index in [0.29, 0.717) is 12.2 Å². The molecule has 3 N–H and O–H groups in total. The minimum Gasteiger partial charge on any atom is -0.347 e. The first-order valence-corrected chi connectivity index (χ1v) is 4.57. The molecule has 0 fully saturated rings. The van der Waals surface area contributed by atoms with Crippen molar-refractivity contribution in [3.63, 3.8) is 0 Å². The highest BCUT2D eigenvalue weighted by molar-refractivity contribution is 7.07. The second kappa shape index (κ2) is 4.18. The van der Waals surface area contributed by atoms with Gasteiger partial charge in [0, 0.05) is 18.0 Å². The van der Waals surface area contributed by atoms with E-state index in [1.165, 1.54) is 11.3 Å². The molecule has 1 atom stereocenters. The van der Waals surface area contributed by atoms with Crippen molar-refractivity contribution in [3.8, 4) is 0 Å². The number of rotatable bonds is 3. The van der Waals surface area contributed by atoms with Crippen LogP contribution in [0, 0.1) is 0 Å². The molecular weight excluding hydrogens is 174 g/mol. The summed E-state index contributed by atoms with van der Waals surface area (Å²) in [6, 6.07) is -0.000741. The van der Waals surface area contributed by atoms with Gasteiger partial charge in [-0.2, -0.15) is 0 Å². The van der Waals surface area contributed by atoms with Crippen molar-refractivity contribution in [1.82, 2.24) is 10.3 Å². The maximum absolute atomic E-state index is 11.3. The molecule has 1 heterocycles. The Kier molecular flexibility index (Phi) is 3.19. The van der Waals surface area contributed by atoms with Gasteiger partial charge in [0.1, 0.15) is 5.69 Å². The lowest BCUT2D eigenvalue weighted by molar-refractivity contribution is 0.0937. The van der Waals surface area contributed by atoms with Crippen molar-refractivity contribution in [2.24, 2.45) is 5.73 Å². The summed E-state index contributed by atoms with van der Waals surface area (Å²) in [5.74, 6) is -0.158. The van der Waals surface area contributed by atoms with Crippen LogP contribution in [0.5, 0.6) is 0 Å². The van der Waals surface area contributed by atoms with E-state index in [1.807, 2.05) is 6.92 Å². The third-order valence-electron chi connectivity index (χ3n) is 1.40. The maximum atomic E-state index is 11.3. The van der Waals surface area contributed by atoms with Gasteiger partial charge < -0.3 is 11.1 Å². The van der Waals surface area contributed by atoms with Gasteiger partial charge in [-0.3, -0.25) is 4.79 Å². The SMILES string of the molecule is CC(CN)NC(=O)c1cscn1. The van der Waals surface area contributed by atoms with E-state index >= 15 is 0 Å². The Labute approximate surface area is 74.8 Å². The predicted molar refractivity (Wildman–Crippen MR) is 48.1 cm³/mol. The first-order chi connectivity index (χ1) is 5.74. The Balaban J connectivity index is 2.50. The van der Waals surface area contributed by atoms with Gasteiger partial charge >= 0.3 is 0 Å². The second-order valence-electron chi connectivity index (χ2n) is 2.48. The van der Waals surface area contributed by atoms with E-state index in [0.717, 1.165) is 0 Å². The van der Waals surface area contributed by atoms with E-state index in [4.69, 9.17) is 5.73 Å². The molecular formula is C7H11N3OS. The smallest absolute Gasteiger partial charge is 0.270 e. The van der Waals surface area contributed by atoms with Crippen LogP contribution >= 0.6 is 11.3 Å². The molecule has 0 radical (unpaired) electrons. The average Bonchev–Trinajstić information content (AvgIpc) is 2.56. The second-order valence-corrected chi connectivity index (χ2v) is 3.20. The van der Waals surface area contributed by atoms with Crippen molar-refractivity contribution in [1.29, 1.82) is 0 Å². The molecule has 0 aliphatic carbocycles. The van der Waals surface area contributed by atoms with Crippen LogP contribution in [0.3, 0.4) is 0 Å². The van der Waals surface area contributed by atoms with Gasteiger partial charge in [0.2, 0.25) is 0 Å². The fourth-order valence-electron chi connectivity index (χ4n) is 0.681. The van der Waals surface area contributed by atoms with Gasteiger partial charge in [0.25, 0.3) is 5.91 Å². The zero-order valence-corrected chi connectivity index (χ0v) is 7.60. The van der Waals surface area contributed by atoms with E-state index in [-0.39, 0.29) is 11.9 Å². The molecule has 12 heavy (non-hydrogen) atoms. The average molecular weight is 185 g/mol. The molecule has 5 heteroatoms. The van der Waals surface area contributed by atoms with Crippen molar-refractivity contribution in [2.45, 2.75) is 13.0 Å². The lowest BCUT2D eigenvalue weighted by Crippen LogP contribution is -2.37. The lowest BCUT2D eigenvalue weighted by Gasteiger charge is -2.08. The highest BCUT2D eigenvalue weighted by atomic mass is 32.1. The number of nitrogens with two attached hydrogens (primary N) is 1. The van der Waals surface area contributed by atoms with Crippen LogP contribution in [0.25, 0.3) is 0 Å². The van der Waals surface area contributed by atoms with Crippen LogP contribution < -0.4 is 11.1 Å². The van der Waals surface area contributed by atoms with Gasteiger partial charge in [0.05, 0.1) is 5.51 Å². The van der Waals surface area contributed by atoms with Gasteiger partial charge in [-0.25, -0.2) is 4.98 Å². The molecule has 1 amide bonds. The normalized spacial score (nSPS) is 12.5. The van der Waals surface area contributed by atoms with Crippen molar-refractivity contribution < 1.29 is 4.79 Å². The Hall–Kier alpha value is -0.940. The van der Waals surface area contributed by atoms with Crippen LogP contribution in [-0.2, 0) is 0 Å². The van der Waals surface area contributed by atoms with Crippen molar-refractivity contribution in [2.75, 3.05) is 6.54 Å². The summed E-state index contributed by atoms with van der Waals surface area (Å²) < 4.78 is 0. The number of nitrogens with one attached hydrogen (secondary N) is 1. The third kappa shape index (κ3) is 2.28. The summed E-state index contributed by atoms with van der Waals surface area (Å²) in [7, 11) is 0. The minimum atomic E-state index is -0.158. The minimum absolute atomic E-state index is 0.000741. The molecule has 0 aliphatic rings. The van der Waals surface area contributed by atoms with Crippen LogP contribution in [0.1, 0.15) is 17.4 Å². The number of hydrogen-bond donors (Lipinski definition) is 2. The number of aromatic nitrogens is 1. The van der Waals surface area contributed by atoms with Crippen LogP contribution in [0.2, 0.25) is 0 Å². The Bertz CT molecular complexity index is 247. The number of nitrogens with zero attached hydrogens (tertiary/aromatic N) is 1. The largest absolute Gasteiger partial charge is 0.347 e. The zero-order chi connectivity index (χ0) is 8.97.